The number of carbonyl (C=O) groups is 1. The maximum Gasteiger partial charge on any atom is 0.256 e. The molecule has 2 rings (SSSR count). The molecule has 1 aliphatic heterocycles. The Bertz CT molecular complexity index is 411. The molecule has 0 aliphatic carbocycles. The summed E-state index contributed by atoms with van der Waals surface area (Å²) in [6.45, 7) is 2.75. The number of rotatable bonds is 2. The Morgan fingerprint density at radius 3 is 3.06 bits per heavy atom. The number of pyridine rings is 1. The van der Waals surface area contributed by atoms with E-state index >= 15 is 0 Å². The fraction of sp³-hybridized carbons (Fsp3) is 0.333. The zero-order valence-corrected chi connectivity index (χ0v) is 9.26. The maximum atomic E-state index is 12.1. The molecule has 0 saturated carbocycles. The third-order valence-electron chi connectivity index (χ3n) is 2.77. The second-order valence-electron chi connectivity index (χ2n) is 3.83. The highest BCUT2D eigenvalue weighted by Crippen LogP contribution is 2.16. The lowest BCUT2D eigenvalue weighted by Crippen LogP contribution is -2.35. The summed E-state index contributed by atoms with van der Waals surface area (Å²) >= 11 is 0. The predicted octanol–water partition coefficient (Wildman–Crippen LogP) is 1.45. The Kier molecular flexibility index (Phi) is 2.90. The number of nitrogens with two attached hydrogens (primary N) is 1. The number of nitrogens with zero attached hydrogens (tertiary/aromatic N) is 2. The van der Waals surface area contributed by atoms with Crippen molar-refractivity contribution in [2.45, 2.75) is 19.4 Å². The van der Waals surface area contributed by atoms with Crippen LogP contribution in [0.5, 0.6) is 0 Å². The van der Waals surface area contributed by atoms with Crippen LogP contribution in [-0.2, 0) is 0 Å². The standard InChI is InChI=1S/C12H15N3O/c1-2-10-4-3-7-15(10)12(16)9-5-6-11(13)14-8-9/h3-6,8,10H,2,7H2,1H3,(H2,13,14). The highest BCUT2D eigenvalue weighted by atomic mass is 16.2. The van der Waals surface area contributed by atoms with Crippen LogP contribution in [0.2, 0.25) is 0 Å². The van der Waals surface area contributed by atoms with Crippen LogP contribution in [0.1, 0.15) is 23.7 Å². The first-order valence-corrected chi connectivity index (χ1v) is 5.41. The second kappa shape index (κ2) is 4.35. The SMILES string of the molecule is CCC1C=CCN1C(=O)c1ccc(N)nc1. The maximum absolute atomic E-state index is 12.1. The average molecular weight is 217 g/mol. The lowest BCUT2D eigenvalue weighted by atomic mass is 10.2. The molecule has 1 aromatic heterocycles. The molecule has 1 atom stereocenters. The molecule has 4 nitrogen and oxygen atoms in total. The zero-order chi connectivity index (χ0) is 11.5. The van der Waals surface area contributed by atoms with Gasteiger partial charge in [-0.2, -0.15) is 0 Å². The van der Waals surface area contributed by atoms with Crippen molar-refractivity contribution in [3.63, 3.8) is 0 Å². The van der Waals surface area contributed by atoms with Crippen LogP contribution in [0.4, 0.5) is 5.82 Å². The molecule has 2 heterocycles. The highest BCUT2D eigenvalue weighted by Gasteiger charge is 2.24. The van der Waals surface area contributed by atoms with E-state index in [1.807, 2.05) is 11.0 Å². The number of hydrogen-bond acceptors (Lipinski definition) is 3. The number of anilines is 1. The van der Waals surface area contributed by atoms with Crippen molar-refractivity contribution in [3.8, 4) is 0 Å². The molecule has 1 aromatic rings. The molecule has 1 aliphatic rings. The van der Waals surface area contributed by atoms with E-state index in [-0.39, 0.29) is 11.9 Å². The summed E-state index contributed by atoms with van der Waals surface area (Å²) < 4.78 is 0. The first-order chi connectivity index (χ1) is 7.72. The van der Waals surface area contributed by atoms with Gasteiger partial charge in [-0.15, -0.1) is 0 Å². The lowest BCUT2D eigenvalue weighted by molar-refractivity contribution is 0.0747. The minimum absolute atomic E-state index is 0.0179. The van der Waals surface area contributed by atoms with Gasteiger partial charge in [0.2, 0.25) is 0 Å². The molecular weight excluding hydrogens is 202 g/mol. The van der Waals surface area contributed by atoms with Gasteiger partial charge in [-0.05, 0) is 18.6 Å². The molecule has 0 radical (unpaired) electrons. The minimum atomic E-state index is 0.0179. The van der Waals surface area contributed by atoms with E-state index in [4.69, 9.17) is 5.73 Å². The van der Waals surface area contributed by atoms with E-state index in [1.54, 1.807) is 12.1 Å². The van der Waals surface area contributed by atoms with Gasteiger partial charge in [0, 0.05) is 12.7 Å². The quantitative estimate of drug-likeness (QED) is 0.763. The Hall–Kier alpha value is -1.84. The van der Waals surface area contributed by atoms with Crippen molar-refractivity contribution in [2.75, 3.05) is 12.3 Å². The number of hydrogen-bond donors (Lipinski definition) is 1. The molecular formula is C12H15N3O. The van der Waals surface area contributed by atoms with Crippen LogP contribution in [0.3, 0.4) is 0 Å². The second-order valence-corrected chi connectivity index (χ2v) is 3.83. The molecule has 1 amide bonds. The molecule has 2 N–H and O–H groups in total. The molecule has 0 aromatic carbocycles. The van der Waals surface area contributed by atoms with E-state index in [9.17, 15) is 4.79 Å². The molecule has 0 fully saturated rings. The van der Waals surface area contributed by atoms with Crippen molar-refractivity contribution in [2.24, 2.45) is 0 Å². The molecule has 0 bridgehead atoms. The van der Waals surface area contributed by atoms with Gasteiger partial charge in [-0.1, -0.05) is 19.1 Å². The predicted molar refractivity (Wildman–Crippen MR) is 62.9 cm³/mol. The topological polar surface area (TPSA) is 59.2 Å². The van der Waals surface area contributed by atoms with Crippen molar-refractivity contribution < 1.29 is 4.79 Å². The largest absolute Gasteiger partial charge is 0.384 e. The van der Waals surface area contributed by atoms with Crippen molar-refractivity contribution in [3.05, 3.63) is 36.0 Å². The van der Waals surface area contributed by atoms with Crippen molar-refractivity contribution in [1.29, 1.82) is 0 Å². The third kappa shape index (κ3) is 1.91. The fourth-order valence-electron chi connectivity index (χ4n) is 1.86. The first kappa shape index (κ1) is 10.7. The van der Waals surface area contributed by atoms with Crippen LogP contribution < -0.4 is 5.73 Å². The number of aromatic nitrogens is 1. The minimum Gasteiger partial charge on any atom is -0.384 e. The molecule has 0 saturated heterocycles. The summed E-state index contributed by atoms with van der Waals surface area (Å²) in [6, 6.07) is 3.58. The molecule has 4 heteroatoms. The number of carbonyl (C=O) groups excluding carboxylic acids is 1. The van der Waals surface area contributed by atoms with Crippen molar-refractivity contribution in [1.82, 2.24) is 9.88 Å². The molecule has 1 unspecified atom stereocenters. The van der Waals surface area contributed by atoms with Gasteiger partial charge in [0.1, 0.15) is 5.82 Å². The highest BCUT2D eigenvalue weighted by molar-refractivity contribution is 5.94. The van der Waals surface area contributed by atoms with Crippen LogP contribution in [0.15, 0.2) is 30.5 Å². The Morgan fingerprint density at radius 2 is 2.44 bits per heavy atom. The van der Waals surface area contributed by atoms with E-state index < -0.39 is 0 Å². The number of nitrogen functional groups attached to an aromatic ring is 1. The zero-order valence-electron chi connectivity index (χ0n) is 9.26. The summed E-state index contributed by atoms with van der Waals surface area (Å²) in [5.74, 6) is 0.451. The van der Waals surface area contributed by atoms with Crippen molar-refractivity contribution >= 4 is 11.7 Å². The van der Waals surface area contributed by atoms with Crippen LogP contribution in [0, 0.1) is 0 Å². The van der Waals surface area contributed by atoms with E-state index in [0.29, 0.717) is 17.9 Å². The summed E-state index contributed by atoms with van der Waals surface area (Å²) in [4.78, 5) is 17.9. The smallest absolute Gasteiger partial charge is 0.256 e. The van der Waals surface area contributed by atoms with Crippen LogP contribution in [-0.4, -0.2) is 28.4 Å². The molecule has 16 heavy (non-hydrogen) atoms. The lowest BCUT2D eigenvalue weighted by Gasteiger charge is -2.23. The average Bonchev–Trinajstić information content (AvgIpc) is 2.77. The fourth-order valence-corrected chi connectivity index (χ4v) is 1.86. The third-order valence-corrected chi connectivity index (χ3v) is 2.77. The molecule has 84 valence electrons. The van der Waals surface area contributed by atoms with Gasteiger partial charge < -0.3 is 10.6 Å². The normalized spacial score (nSPS) is 19.1. The number of amides is 1. The van der Waals surface area contributed by atoms with Crippen LogP contribution in [0.25, 0.3) is 0 Å². The Balaban J connectivity index is 2.16. The van der Waals surface area contributed by atoms with Gasteiger partial charge in [0.25, 0.3) is 5.91 Å². The Morgan fingerprint density at radius 1 is 1.62 bits per heavy atom. The first-order valence-electron chi connectivity index (χ1n) is 5.41. The Labute approximate surface area is 94.8 Å². The summed E-state index contributed by atoms with van der Waals surface area (Å²) in [5, 5.41) is 0. The van der Waals surface area contributed by atoms with E-state index in [1.165, 1.54) is 6.20 Å². The molecule has 0 spiro atoms. The van der Waals surface area contributed by atoms with Gasteiger partial charge in [-0.3, -0.25) is 4.79 Å². The van der Waals surface area contributed by atoms with Crippen LogP contribution >= 0.6 is 0 Å². The van der Waals surface area contributed by atoms with Gasteiger partial charge >= 0.3 is 0 Å². The van der Waals surface area contributed by atoms with Gasteiger partial charge in [-0.25, -0.2) is 4.98 Å². The van der Waals surface area contributed by atoms with E-state index in [2.05, 4.69) is 18.0 Å². The van der Waals surface area contributed by atoms with Gasteiger partial charge in [0.05, 0.1) is 11.6 Å². The van der Waals surface area contributed by atoms with Gasteiger partial charge in [0.15, 0.2) is 0 Å². The van der Waals surface area contributed by atoms with E-state index in [0.717, 1.165) is 6.42 Å². The monoisotopic (exact) mass is 217 g/mol. The summed E-state index contributed by atoms with van der Waals surface area (Å²) in [6.07, 6.45) is 6.56. The summed E-state index contributed by atoms with van der Waals surface area (Å²) in [7, 11) is 0. The summed E-state index contributed by atoms with van der Waals surface area (Å²) in [5.41, 5.74) is 6.08.